The second-order valence-electron chi connectivity index (χ2n) is 2.48. The Bertz CT molecular complexity index is 317. The Kier molecular flexibility index (Phi) is 3.40. The predicted molar refractivity (Wildman–Crippen MR) is 53.2 cm³/mol. The molecule has 0 amide bonds. The Balaban J connectivity index is 3.20. The maximum absolute atomic E-state index is 12.3. The monoisotopic (exact) mass is 299 g/mol. The van der Waals surface area contributed by atoms with E-state index in [9.17, 15) is 8.78 Å². The van der Waals surface area contributed by atoms with Crippen molar-refractivity contribution in [3.8, 4) is 5.75 Å². The lowest BCUT2D eigenvalue weighted by Crippen LogP contribution is -1.99. The molecule has 5 heteroatoms. The number of hydrogen-bond acceptors (Lipinski definition) is 2. The lowest BCUT2D eigenvalue weighted by atomic mass is 10.2. The first-order valence-electron chi connectivity index (χ1n) is 3.55. The summed E-state index contributed by atoms with van der Waals surface area (Å²) in [7, 11) is 1.49. The molecule has 0 aliphatic rings. The highest BCUT2D eigenvalue weighted by Gasteiger charge is 2.15. The summed E-state index contributed by atoms with van der Waals surface area (Å²) in [5.41, 5.74) is 0.275. The van der Waals surface area contributed by atoms with Crippen LogP contribution < -0.4 is 4.74 Å². The molecule has 1 aromatic rings. The number of pyridine rings is 1. The van der Waals surface area contributed by atoms with Crippen LogP contribution in [0.4, 0.5) is 8.78 Å². The number of nitrogens with zero attached hydrogens (tertiary/aromatic N) is 1. The zero-order chi connectivity index (χ0) is 10.0. The molecule has 0 aliphatic heterocycles. The van der Waals surface area contributed by atoms with Crippen LogP contribution in [0.1, 0.15) is 17.7 Å². The number of ether oxygens (including phenoxy) is 1. The van der Waals surface area contributed by atoms with Crippen molar-refractivity contribution in [2.24, 2.45) is 0 Å². The van der Waals surface area contributed by atoms with Gasteiger partial charge in [-0.25, -0.2) is 13.8 Å². The molecule has 0 saturated heterocycles. The van der Waals surface area contributed by atoms with E-state index >= 15 is 0 Å². The minimum absolute atomic E-state index is 0.176. The van der Waals surface area contributed by atoms with Crippen molar-refractivity contribution < 1.29 is 13.5 Å². The average Bonchev–Trinajstić information content (AvgIpc) is 2.07. The molecule has 0 unspecified atom stereocenters. The number of aromatic nitrogens is 1. The molecule has 0 fully saturated rings. The summed E-state index contributed by atoms with van der Waals surface area (Å²) < 4.78 is 30.1. The van der Waals surface area contributed by atoms with E-state index in [0.29, 0.717) is 15.0 Å². The van der Waals surface area contributed by atoms with Crippen LogP contribution in [0.5, 0.6) is 5.75 Å². The van der Waals surface area contributed by atoms with Gasteiger partial charge in [-0.1, -0.05) is 0 Å². The van der Waals surface area contributed by atoms with Gasteiger partial charge in [0.25, 0.3) is 6.43 Å². The second-order valence-corrected chi connectivity index (χ2v) is 3.51. The van der Waals surface area contributed by atoms with Crippen molar-refractivity contribution in [3.63, 3.8) is 0 Å². The quantitative estimate of drug-likeness (QED) is 0.619. The molecule has 0 spiro atoms. The van der Waals surface area contributed by atoms with Gasteiger partial charge in [0.2, 0.25) is 0 Å². The molecule has 1 aromatic heterocycles. The average molecular weight is 299 g/mol. The fraction of sp³-hybridized carbons (Fsp3) is 0.375. The molecule has 0 bridgehead atoms. The van der Waals surface area contributed by atoms with E-state index in [1.165, 1.54) is 7.11 Å². The topological polar surface area (TPSA) is 22.1 Å². The lowest BCUT2D eigenvalue weighted by molar-refractivity contribution is 0.145. The largest absolute Gasteiger partial charge is 0.494 e. The minimum atomic E-state index is -2.53. The number of methoxy groups -OCH3 is 1. The molecule has 0 aromatic carbocycles. The standard InChI is InChI=1S/C8H8F2INO/c1-4-3-5(13-2)8(11)12-6(4)7(9)10/h3,7H,1-2H3. The molecule has 13 heavy (non-hydrogen) atoms. The fourth-order valence-electron chi connectivity index (χ4n) is 0.943. The van der Waals surface area contributed by atoms with Crippen LogP contribution in [0.2, 0.25) is 0 Å². The first kappa shape index (κ1) is 10.6. The van der Waals surface area contributed by atoms with E-state index in [-0.39, 0.29) is 5.69 Å². The van der Waals surface area contributed by atoms with Crippen LogP contribution in [0.25, 0.3) is 0 Å². The zero-order valence-electron chi connectivity index (χ0n) is 7.14. The summed E-state index contributed by atoms with van der Waals surface area (Å²) in [4.78, 5) is 3.75. The number of alkyl halides is 2. The van der Waals surface area contributed by atoms with Gasteiger partial charge in [0, 0.05) is 0 Å². The smallest absolute Gasteiger partial charge is 0.280 e. The highest BCUT2D eigenvalue weighted by molar-refractivity contribution is 14.1. The van der Waals surface area contributed by atoms with Crippen molar-refractivity contribution in [2.45, 2.75) is 13.3 Å². The number of halogens is 3. The maximum Gasteiger partial charge on any atom is 0.280 e. The Morgan fingerprint density at radius 2 is 2.15 bits per heavy atom. The highest BCUT2D eigenvalue weighted by atomic mass is 127. The molecule has 0 aliphatic carbocycles. The SMILES string of the molecule is COc1cc(C)c(C(F)F)nc1I. The highest BCUT2D eigenvalue weighted by Crippen LogP contribution is 2.27. The first-order chi connectivity index (χ1) is 6.06. The van der Waals surface area contributed by atoms with E-state index in [1.54, 1.807) is 13.0 Å². The maximum atomic E-state index is 12.3. The van der Waals surface area contributed by atoms with Crippen molar-refractivity contribution in [1.82, 2.24) is 4.98 Å². The lowest BCUT2D eigenvalue weighted by Gasteiger charge is -2.08. The van der Waals surface area contributed by atoms with E-state index in [4.69, 9.17) is 4.74 Å². The van der Waals surface area contributed by atoms with E-state index < -0.39 is 6.43 Å². The molecular formula is C8H8F2INO. The van der Waals surface area contributed by atoms with Gasteiger partial charge in [0.15, 0.2) is 5.75 Å². The fourth-order valence-corrected chi connectivity index (χ4v) is 1.58. The molecule has 0 saturated carbocycles. The first-order valence-corrected chi connectivity index (χ1v) is 4.63. The summed E-state index contributed by atoms with van der Waals surface area (Å²) in [5.74, 6) is 0.530. The molecule has 0 N–H and O–H groups in total. The zero-order valence-corrected chi connectivity index (χ0v) is 9.30. The number of hydrogen-bond donors (Lipinski definition) is 0. The molecule has 2 nitrogen and oxygen atoms in total. The van der Waals surface area contributed by atoms with Crippen LogP contribution in [-0.2, 0) is 0 Å². The summed E-state index contributed by atoms with van der Waals surface area (Å²) in [5, 5.41) is 0. The van der Waals surface area contributed by atoms with Gasteiger partial charge in [0.05, 0.1) is 7.11 Å². The van der Waals surface area contributed by atoms with Gasteiger partial charge >= 0.3 is 0 Å². The summed E-state index contributed by atoms with van der Waals surface area (Å²) in [6, 6.07) is 1.57. The summed E-state index contributed by atoms with van der Waals surface area (Å²) in [6.07, 6.45) is -2.53. The molecule has 1 rings (SSSR count). The van der Waals surface area contributed by atoms with Crippen molar-refractivity contribution in [1.29, 1.82) is 0 Å². The minimum Gasteiger partial charge on any atom is -0.494 e. The van der Waals surface area contributed by atoms with Gasteiger partial charge in [-0.2, -0.15) is 0 Å². The Hall–Kier alpha value is -0.460. The van der Waals surface area contributed by atoms with Crippen LogP contribution in [0.15, 0.2) is 6.07 Å². The van der Waals surface area contributed by atoms with Crippen LogP contribution >= 0.6 is 22.6 Å². The third kappa shape index (κ3) is 2.26. The predicted octanol–water partition coefficient (Wildman–Crippen LogP) is 2.94. The third-order valence-corrected chi connectivity index (χ3v) is 2.37. The third-order valence-electron chi connectivity index (χ3n) is 1.60. The van der Waals surface area contributed by atoms with Gasteiger partial charge in [-0.05, 0) is 41.1 Å². The molecule has 0 atom stereocenters. The van der Waals surface area contributed by atoms with Crippen LogP contribution in [0, 0.1) is 10.6 Å². The molecule has 0 radical (unpaired) electrons. The van der Waals surface area contributed by atoms with Gasteiger partial charge in [-0.15, -0.1) is 0 Å². The van der Waals surface area contributed by atoms with Crippen LogP contribution in [-0.4, -0.2) is 12.1 Å². The number of aryl methyl sites for hydroxylation is 1. The van der Waals surface area contributed by atoms with Gasteiger partial charge < -0.3 is 4.74 Å². The second kappa shape index (κ2) is 4.17. The van der Waals surface area contributed by atoms with E-state index in [2.05, 4.69) is 4.98 Å². The Morgan fingerprint density at radius 3 is 2.62 bits per heavy atom. The van der Waals surface area contributed by atoms with E-state index in [0.717, 1.165) is 0 Å². The van der Waals surface area contributed by atoms with Gasteiger partial charge in [0.1, 0.15) is 9.39 Å². The van der Waals surface area contributed by atoms with Crippen molar-refractivity contribution >= 4 is 22.6 Å². The van der Waals surface area contributed by atoms with E-state index in [1.807, 2.05) is 22.6 Å². The number of rotatable bonds is 2. The van der Waals surface area contributed by atoms with Gasteiger partial charge in [-0.3, -0.25) is 0 Å². The van der Waals surface area contributed by atoms with Crippen molar-refractivity contribution in [3.05, 3.63) is 21.0 Å². The molecular weight excluding hydrogens is 291 g/mol. The molecule has 72 valence electrons. The summed E-state index contributed by atoms with van der Waals surface area (Å²) in [6.45, 7) is 1.59. The van der Waals surface area contributed by atoms with Crippen molar-refractivity contribution in [2.75, 3.05) is 7.11 Å². The Morgan fingerprint density at radius 1 is 1.54 bits per heavy atom. The van der Waals surface area contributed by atoms with Crippen LogP contribution in [0.3, 0.4) is 0 Å². The Labute approximate surface area is 88.5 Å². The normalized spacial score (nSPS) is 10.6. The summed E-state index contributed by atoms with van der Waals surface area (Å²) >= 11 is 1.87. The molecule has 1 heterocycles.